The van der Waals surface area contributed by atoms with Gasteiger partial charge in [0.1, 0.15) is 0 Å². The molecule has 1 aliphatic heterocycles. The highest BCUT2D eigenvalue weighted by Gasteiger charge is 2.13. The van der Waals surface area contributed by atoms with Crippen molar-refractivity contribution >= 4 is 28.8 Å². The third-order valence-electron chi connectivity index (χ3n) is 5.03. The van der Waals surface area contributed by atoms with Crippen molar-refractivity contribution in [1.82, 2.24) is 15.2 Å². The van der Waals surface area contributed by atoms with E-state index in [-0.39, 0.29) is 0 Å². The van der Waals surface area contributed by atoms with E-state index in [0.717, 1.165) is 31.0 Å². The number of hydrogen-bond donors (Lipinski definition) is 1. The molecule has 6 nitrogen and oxygen atoms in total. The Balaban J connectivity index is 1.51. The van der Waals surface area contributed by atoms with Crippen LogP contribution in [0, 0.1) is 6.92 Å². The molecule has 0 unspecified atom stereocenters. The topological polar surface area (TPSA) is 57.2 Å². The number of aryl methyl sites for hydroxylation is 1. The maximum absolute atomic E-state index is 4.68. The van der Waals surface area contributed by atoms with Crippen LogP contribution in [-0.2, 0) is 0 Å². The van der Waals surface area contributed by atoms with Crippen molar-refractivity contribution in [2.45, 2.75) is 26.7 Å². The number of rotatable bonds is 6. The van der Waals surface area contributed by atoms with Gasteiger partial charge in [-0.25, -0.2) is 0 Å². The van der Waals surface area contributed by atoms with Crippen LogP contribution in [-0.4, -0.2) is 34.8 Å². The zero-order chi connectivity index (χ0) is 19.3. The number of benzene rings is 2. The van der Waals surface area contributed by atoms with Crippen LogP contribution in [0.3, 0.4) is 0 Å². The molecule has 1 aromatic heterocycles. The molecule has 0 radical (unpaired) electrons. The van der Waals surface area contributed by atoms with Crippen LogP contribution >= 0.6 is 0 Å². The molecule has 0 atom stereocenters. The predicted octanol–water partition coefficient (Wildman–Crippen LogP) is 4.68. The van der Waals surface area contributed by atoms with Crippen molar-refractivity contribution in [3.63, 3.8) is 0 Å². The first-order chi connectivity index (χ1) is 13.7. The van der Waals surface area contributed by atoms with Crippen LogP contribution in [0.15, 0.2) is 54.7 Å². The summed E-state index contributed by atoms with van der Waals surface area (Å²) in [6, 6.07) is 16.8. The van der Waals surface area contributed by atoms with E-state index in [1.807, 2.05) is 6.07 Å². The lowest BCUT2D eigenvalue weighted by atomic mass is 10.2. The second-order valence-corrected chi connectivity index (χ2v) is 7.09. The van der Waals surface area contributed by atoms with Gasteiger partial charge in [-0.05, 0) is 68.7 Å². The Labute approximate surface area is 166 Å². The van der Waals surface area contributed by atoms with E-state index < -0.39 is 0 Å². The second kappa shape index (κ2) is 8.25. The summed E-state index contributed by atoms with van der Waals surface area (Å²) in [7, 11) is 0. The SMILES string of the molecule is CCN(c1cccc(C)c1)c1nncc(Nc2ccc(N3CCCC3)cc2)n1. The minimum Gasteiger partial charge on any atom is -0.372 e. The first kappa shape index (κ1) is 18.2. The summed E-state index contributed by atoms with van der Waals surface area (Å²) in [5.74, 6) is 1.27. The van der Waals surface area contributed by atoms with Gasteiger partial charge in [-0.3, -0.25) is 0 Å². The lowest BCUT2D eigenvalue weighted by molar-refractivity contribution is 0.886. The average Bonchev–Trinajstić information content (AvgIpc) is 3.24. The fraction of sp³-hybridized carbons (Fsp3) is 0.318. The van der Waals surface area contributed by atoms with Crippen molar-refractivity contribution in [1.29, 1.82) is 0 Å². The monoisotopic (exact) mass is 374 g/mol. The fourth-order valence-electron chi connectivity index (χ4n) is 3.58. The maximum atomic E-state index is 4.68. The third-order valence-corrected chi connectivity index (χ3v) is 5.03. The first-order valence-electron chi connectivity index (χ1n) is 9.89. The van der Waals surface area contributed by atoms with E-state index in [1.165, 1.54) is 24.1 Å². The first-order valence-corrected chi connectivity index (χ1v) is 9.89. The Morgan fingerprint density at radius 1 is 1.07 bits per heavy atom. The van der Waals surface area contributed by atoms with E-state index in [9.17, 15) is 0 Å². The molecule has 1 saturated heterocycles. The largest absolute Gasteiger partial charge is 0.372 e. The molecular formula is C22H26N6. The summed E-state index contributed by atoms with van der Waals surface area (Å²) in [6.07, 6.45) is 4.22. The smallest absolute Gasteiger partial charge is 0.251 e. The molecule has 28 heavy (non-hydrogen) atoms. The Kier molecular flexibility index (Phi) is 5.37. The Bertz CT molecular complexity index is 918. The zero-order valence-electron chi connectivity index (χ0n) is 16.5. The highest BCUT2D eigenvalue weighted by atomic mass is 15.3. The van der Waals surface area contributed by atoms with E-state index >= 15 is 0 Å². The quantitative estimate of drug-likeness (QED) is 0.676. The molecule has 1 fully saturated rings. The van der Waals surface area contributed by atoms with Crippen molar-refractivity contribution in [3.8, 4) is 0 Å². The van der Waals surface area contributed by atoms with Gasteiger partial charge in [-0.15, -0.1) is 5.10 Å². The zero-order valence-corrected chi connectivity index (χ0v) is 16.5. The van der Waals surface area contributed by atoms with Gasteiger partial charge in [0, 0.05) is 36.7 Å². The molecule has 1 aliphatic rings. The van der Waals surface area contributed by atoms with E-state index in [2.05, 4.69) is 86.6 Å². The van der Waals surface area contributed by atoms with Crippen LogP contribution in [0.5, 0.6) is 0 Å². The minimum absolute atomic E-state index is 0.590. The summed E-state index contributed by atoms with van der Waals surface area (Å²) in [5, 5.41) is 11.7. The highest BCUT2D eigenvalue weighted by Crippen LogP contribution is 2.25. The molecule has 6 heteroatoms. The number of nitrogens with zero attached hydrogens (tertiary/aromatic N) is 5. The van der Waals surface area contributed by atoms with Crippen LogP contribution < -0.4 is 15.1 Å². The second-order valence-electron chi connectivity index (χ2n) is 7.09. The summed E-state index contributed by atoms with van der Waals surface area (Å²) in [6.45, 7) is 7.23. The van der Waals surface area contributed by atoms with Gasteiger partial charge in [0.05, 0.1) is 6.20 Å². The van der Waals surface area contributed by atoms with Gasteiger partial charge < -0.3 is 15.1 Å². The molecule has 0 saturated carbocycles. The molecular weight excluding hydrogens is 348 g/mol. The molecule has 3 aromatic rings. The van der Waals surface area contributed by atoms with Crippen LogP contribution in [0.4, 0.5) is 28.8 Å². The molecule has 2 aromatic carbocycles. The van der Waals surface area contributed by atoms with Crippen molar-refractivity contribution in [2.24, 2.45) is 0 Å². The molecule has 1 N–H and O–H groups in total. The van der Waals surface area contributed by atoms with Crippen LogP contribution in [0.1, 0.15) is 25.3 Å². The van der Waals surface area contributed by atoms with Gasteiger partial charge in [-0.1, -0.05) is 12.1 Å². The Morgan fingerprint density at radius 2 is 1.86 bits per heavy atom. The van der Waals surface area contributed by atoms with E-state index in [1.54, 1.807) is 6.20 Å². The van der Waals surface area contributed by atoms with Crippen LogP contribution in [0.25, 0.3) is 0 Å². The van der Waals surface area contributed by atoms with Crippen molar-refractivity contribution < 1.29 is 0 Å². The van der Waals surface area contributed by atoms with Gasteiger partial charge in [0.15, 0.2) is 5.82 Å². The van der Waals surface area contributed by atoms with Gasteiger partial charge in [0.25, 0.3) is 5.95 Å². The normalized spacial score (nSPS) is 13.6. The fourth-order valence-corrected chi connectivity index (χ4v) is 3.58. The molecule has 144 valence electrons. The number of nitrogens with one attached hydrogen (secondary N) is 1. The maximum Gasteiger partial charge on any atom is 0.251 e. The molecule has 0 amide bonds. The standard InChI is InChI=1S/C22H26N6/c1-3-28(20-8-6-7-17(2)15-20)22-25-21(16-23-26-22)24-18-9-11-19(12-10-18)27-13-4-5-14-27/h6-12,15-16H,3-5,13-14H2,1-2H3,(H,24,25,26). The molecule has 0 bridgehead atoms. The van der Waals surface area contributed by atoms with Gasteiger partial charge >= 0.3 is 0 Å². The lowest BCUT2D eigenvalue weighted by Crippen LogP contribution is -2.19. The molecule has 2 heterocycles. The summed E-state index contributed by atoms with van der Waals surface area (Å²) in [4.78, 5) is 9.16. The van der Waals surface area contributed by atoms with Gasteiger partial charge in [-0.2, -0.15) is 10.1 Å². The molecule has 0 aliphatic carbocycles. The number of aromatic nitrogens is 3. The van der Waals surface area contributed by atoms with Gasteiger partial charge in [0.2, 0.25) is 0 Å². The Morgan fingerprint density at radius 3 is 2.57 bits per heavy atom. The third kappa shape index (κ3) is 4.06. The summed E-state index contributed by atoms with van der Waals surface area (Å²) in [5.41, 5.74) is 4.54. The summed E-state index contributed by atoms with van der Waals surface area (Å²) >= 11 is 0. The molecule has 4 rings (SSSR count). The molecule has 0 spiro atoms. The summed E-state index contributed by atoms with van der Waals surface area (Å²) < 4.78 is 0. The number of hydrogen-bond acceptors (Lipinski definition) is 6. The predicted molar refractivity (Wildman–Crippen MR) is 115 cm³/mol. The minimum atomic E-state index is 0.590. The van der Waals surface area contributed by atoms with Crippen molar-refractivity contribution in [2.75, 3.05) is 34.8 Å². The van der Waals surface area contributed by atoms with Crippen molar-refractivity contribution in [3.05, 3.63) is 60.3 Å². The van der Waals surface area contributed by atoms with Crippen LogP contribution in [0.2, 0.25) is 0 Å². The van der Waals surface area contributed by atoms with E-state index in [4.69, 9.17) is 0 Å². The Hall–Kier alpha value is -3.15. The average molecular weight is 374 g/mol. The lowest BCUT2D eigenvalue weighted by Gasteiger charge is -2.21. The van der Waals surface area contributed by atoms with E-state index in [0.29, 0.717) is 11.8 Å². The highest BCUT2D eigenvalue weighted by molar-refractivity contribution is 5.63. The number of anilines is 5.